The first-order valence-corrected chi connectivity index (χ1v) is 9.34. The van der Waals surface area contributed by atoms with Gasteiger partial charge >= 0.3 is 5.97 Å². The molecule has 2 aromatic heterocycles. The van der Waals surface area contributed by atoms with Crippen LogP contribution in [0.25, 0.3) is 16.6 Å². The van der Waals surface area contributed by atoms with Crippen molar-refractivity contribution in [2.75, 3.05) is 6.61 Å². The van der Waals surface area contributed by atoms with Crippen LogP contribution in [0.2, 0.25) is 0 Å². The molecule has 3 aromatic rings. The Hall–Kier alpha value is -2.85. The number of thiocyanates is 1. The van der Waals surface area contributed by atoms with Gasteiger partial charge in [0.2, 0.25) is 0 Å². The predicted octanol–water partition coefficient (Wildman–Crippen LogP) is 5.01. The van der Waals surface area contributed by atoms with Gasteiger partial charge < -0.3 is 4.74 Å². The van der Waals surface area contributed by atoms with Crippen molar-refractivity contribution in [3.05, 3.63) is 53.5 Å². The molecule has 0 fully saturated rings. The number of thioether (sulfide) groups is 1. The average molecular weight is 383 g/mol. The summed E-state index contributed by atoms with van der Waals surface area (Å²) in [5, 5.41) is 16.4. The van der Waals surface area contributed by atoms with Crippen molar-refractivity contribution in [3.63, 3.8) is 0 Å². The zero-order chi connectivity index (χ0) is 19.6. The van der Waals surface area contributed by atoms with E-state index in [1.54, 1.807) is 35.7 Å². The molecule has 1 aromatic carbocycles. The van der Waals surface area contributed by atoms with Crippen LogP contribution in [0.1, 0.15) is 42.7 Å². The number of carbonyl (C=O) groups is 1. The summed E-state index contributed by atoms with van der Waals surface area (Å²) in [6.07, 6.45) is 0. The topological polar surface area (TPSA) is 67.4 Å². The number of carbonyl (C=O) groups excluding carboxylic acids is 1. The van der Waals surface area contributed by atoms with Crippen molar-refractivity contribution < 1.29 is 13.9 Å². The predicted molar refractivity (Wildman–Crippen MR) is 102 cm³/mol. The molecule has 0 saturated heterocycles. The Morgan fingerprint density at radius 1 is 1.30 bits per heavy atom. The number of nitrogens with zero attached hydrogens (tertiary/aromatic N) is 3. The lowest BCUT2D eigenvalue weighted by Gasteiger charge is -2.18. The van der Waals surface area contributed by atoms with Crippen molar-refractivity contribution in [1.29, 1.82) is 5.26 Å². The van der Waals surface area contributed by atoms with Crippen LogP contribution in [0.3, 0.4) is 0 Å². The summed E-state index contributed by atoms with van der Waals surface area (Å²) in [6, 6.07) is 9.54. The highest BCUT2D eigenvalue weighted by Gasteiger charge is 2.26. The van der Waals surface area contributed by atoms with Crippen molar-refractivity contribution in [1.82, 2.24) is 9.61 Å². The highest BCUT2D eigenvalue weighted by molar-refractivity contribution is 8.03. The van der Waals surface area contributed by atoms with Gasteiger partial charge in [-0.1, -0.05) is 26.0 Å². The standard InChI is InChI=1S/C20H18FN3O2S/c1-4-26-20(25)18-17(13-5-7-14(21)8-6-13)15-9-10-16(27-11-22)24(15)23-19(18)12(2)3/h5-10,12H,4H2,1-3H3. The van der Waals surface area contributed by atoms with Crippen LogP contribution in [-0.2, 0) is 4.74 Å². The molecule has 0 amide bonds. The quantitative estimate of drug-likeness (QED) is 0.352. The van der Waals surface area contributed by atoms with Gasteiger partial charge in [0.05, 0.1) is 23.4 Å². The third-order valence-corrected chi connectivity index (χ3v) is 4.71. The molecular weight excluding hydrogens is 365 g/mol. The van der Waals surface area contributed by atoms with Gasteiger partial charge in [0.15, 0.2) is 0 Å². The van der Waals surface area contributed by atoms with Gasteiger partial charge in [-0.2, -0.15) is 10.4 Å². The fraction of sp³-hybridized carbons (Fsp3) is 0.250. The number of halogens is 1. The van der Waals surface area contributed by atoms with Gasteiger partial charge in [0.1, 0.15) is 16.2 Å². The van der Waals surface area contributed by atoms with E-state index < -0.39 is 5.97 Å². The summed E-state index contributed by atoms with van der Waals surface area (Å²) < 4.78 is 20.4. The van der Waals surface area contributed by atoms with Crippen LogP contribution in [0.5, 0.6) is 0 Å². The molecule has 138 valence electrons. The smallest absolute Gasteiger partial charge is 0.340 e. The zero-order valence-electron chi connectivity index (χ0n) is 15.2. The SMILES string of the molecule is CCOC(=O)c1c(C(C)C)nn2c(SC#N)ccc2c1-c1ccc(F)cc1. The highest BCUT2D eigenvalue weighted by atomic mass is 32.2. The van der Waals surface area contributed by atoms with Crippen molar-refractivity contribution >= 4 is 23.2 Å². The van der Waals surface area contributed by atoms with Crippen LogP contribution in [0, 0.1) is 16.5 Å². The van der Waals surface area contributed by atoms with E-state index in [2.05, 4.69) is 5.10 Å². The lowest BCUT2D eigenvalue weighted by molar-refractivity contribution is 0.0524. The van der Waals surface area contributed by atoms with Crippen LogP contribution >= 0.6 is 11.8 Å². The van der Waals surface area contributed by atoms with Gasteiger partial charge in [-0.05, 0) is 42.7 Å². The maximum Gasteiger partial charge on any atom is 0.340 e. The molecule has 0 aliphatic carbocycles. The number of aromatic nitrogens is 2. The largest absolute Gasteiger partial charge is 0.462 e. The molecule has 2 heterocycles. The second-order valence-corrected chi connectivity index (χ2v) is 6.98. The Bertz CT molecular complexity index is 1040. The molecule has 0 bridgehead atoms. The first-order valence-electron chi connectivity index (χ1n) is 8.52. The number of hydrogen-bond acceptors (Lipinski definition) is 5. The minimum Gasteiger partial charge on any atom is -0.462 e. The second-order valence-electron chi connectivity index (χ2n) is 6.18. The molecule has 0 aliphatic heterocycles. The maximum atomic E-state index is 13.5. The highest BCUT2D eigenvalue weighted by Crippen LogP contribution is 2.35. The zero-order valence-corrected chi connectivity index (χ0v) is 16.0. The summed E-state index contributed by atoms with van der Waals surface area (Å²) in [5.41, 5.74) is 2.90. The fourth-order valence-electron chi connectivity index (χ4n) is 2.96. The number of benzene rings is 1. The van der Waals surface area contributed by atoms with Gasteiger partial charge in [0, 0.05) is 17.3 Å². The Labute approximate surface area is 160 Å². The lowest BCUT2D eigenvalue weighted by atomic mass is 9.94. The average Bonchev–Trinajstić information content (AvgIpc) is 3.04. The third kappa shape index (κ3) is 3.53. The van der Waals surface area contributed by atoms with Crippen LogP contribution in [0.4, 0.5) is 4.39 Å². The minimum atomic E-state index is -0.466. The monoisotopic (exact) mass is 383 g/mol. The number of rotatable bonds is 5. The van der Waals surface area contributed by atoms with E-state index in [4.69, 9.17) is 10.00 Å². The number of fused-ring (bicyclic) bond motifs is 1. The van der Waals surface area contributed by atoms with E-state index in [1.807, 2.05) is 19.2 Å². The Balaban J connectivity index is 2.42. The second kappa shape index (κ2) is 7.80. The molecule has 27 heavy (non-hydrogen) atoms. The van der Waals surface area contributed by atoms with Crippen molar-refractivity contribution in [2.24, 2.45) is 0 Å². The van der Waals surface area contributed by atoms with Crippen molar-refractivity contribution in [3.8, 4) is 16.5 Å². The molecule has 3 rings (SSSR count). The summed E-state index contributed by atoms with van der Waals surface area (Å²) in [4.78, 5) is 12.8. The Morgan fingerprint density at radius 2 is 2.00 bits per heavy atom. The van der Waals surface area contributed by atoms with Gasteiger partial charge in [-0.15, -0.1) is 0 Å². The number of esters is 1. The van der Waals surface area contributed by atoms with Crippen LogP contribution < -0.4 is 0 Å². The van der Waals surface area contributed by atoms with E-state index in [-0.39, 0.29) is 18.3 Å². The summed E-state index contributed by atoms with van der Waals surface area (Å²) in [6.45, 7) is 5.86. The van der Waals surface area contributed by atoms with Crippen molar-refractivity contribution in [2.45, 2.75) is 31.7 Å². The number of ether oxygens (including phenoxy) is 1. The van der Waals surface area contributed by atoms with Gasteiger partial charge in [-0.25, -0.2) is 13.7 Å². The van der Waals surface area contributed by atoms with E-state index in [9.17, 15) is 9.18 Å². The molecule has 0 radical (unpaired) electrons. The Kier molecular flexibility index (Phi) is 5.47. The molecule has 0 unspecified atom stereocenters. The number of nitriles is 1. The third-order valence-electron chi connectivity index (χ3n) is 4.10. The molecule has 0 atom stereocenters. The van der Waals surface area contributed by atoms with E-state index in [1.165, 1.54) is 12.1 Å². The summed E-state index contributed by atoms with van der Waals surface area (Å²) in [5.74, 6) is -0.886. The first kappa shape index (κ1) is 18.9. The molecule has 0 N–H and O–H groups in total. The van der Waals surface area contributed by atoms with E-state index >= 15 is 0 Å². The molecule has 5 nitrogen and oxygen atoms in total. The van der Waals surface area contributed by atoms with E-state index in [0.717, 1.165) is 11.8 Å². The van der Waals surface area contributed by atoms with E-state index in [0.29, 0.717) is 32.9 Å². The fourth-order valence-corrected chi connectivity index (χ4v) is 3.42. The molecule has 0 saturated carbocycles. The molecule has 7 heteroatoms. The maximum absolute atomic E-state index is 13.5. The molecule has 0 aliphatic rings. The minimum absolute atomic E-state index is 0.0599. The van der Waals surface area contributed by atoms with Crippen LogP contribution in [0.15, 0.2) is 41.4 Å². The normalized spacial score (nSPS) is 11.0. The first-order chi connectivity index (χ1) is 13.0. The Morgan fingerprint density at radius 3 is 2.59 bits per heavy atom. The van der Waals surface area contributed by atoms with Gasteiger partial charge in [0.25, 0.3) is 0 Å². The van der Waals surface area contributed by atoms with Gasteiger partial charge in [-0.3, -0.25) is 0 Å². The number of hydrogen-bond donors (Lipinski definition) is 0. The van der Waals surface area contributed by atoms with Crippen LogP contribution in [-0.4, -0.2) is 22.2 Å². The molecule has 0 spiro atoms. The summed E-state index contributed by atoms with van der Waals surface area (Å²) >= 11 is 0.993. The lowest BCUT2D eigenvalue weighted by Crippen LogP contribution is -2.15. The summed E-state index contributed by atoms with van der Waals surface area (Å²) in [7, 11) is 0. The molecular formula is C20H18FN3O2S.